The van der Waals surface area contributed by atoms with Gasteiger partial charge >= 0.3 is 5.97 Å². The molecule has 0 amide bonds. The number of hydrogen-bond acceptors (Lipinski definition) is 3. The fourth-order valence-corrected chi connectivity index (χ4v) is 3.05. The second kappa shape index (κ2) is 5.43. The molecule has 102 valence electrons. The van der Waals surface area contributed by atoms with E-state index in [4.69, 9.17) is 9.47 Å². The van der Waals surface area contributed by atoms with Crippen LogP contribution in [0.1, 0.15) is 47.0 Å². The lowest BCUT2D eigenvalue weighted by atomic mass is 9.75. The van der Waals surface area contributed by atoms with Crippen LogP contribution in [0.15, 0.2) is 11.6 Å². The summed E-state index contributed by atoms with van der Waals surface area (Å²) in [6, 6.07) is 0. The molecule has 0 saturated heterocycles. The molecule has 1 aliphatic heterocycles. The molecule has 1 saturated carbocycles. The maximum absolute atomic E-state index is 11.2. The second-order valence-corrected chi connectivity index (χ2v) is 6.16. The molecule has 3 heteroatoms. The summed E-state index contributed by atoms with van der Waals surface area (Å²) in [6.07, 6.45) is 4.86. The van der Waals surface area contributed by atoms with E-state index < -0.39 is 6.29 Å². The topological polar surface area (TPSA) is 35.5 Å². The lowest BCUT2D eigenvalue weighted by Crippen LogP contribution is -2.37. The van der Waals surface area contributed by atoms with E-state index in [1.165, 1.54) is 18.9 Å². The van der Waals surface area contributed by atoms with Gasteiger partial charge in [0.1, 0.15) is 0 Å². The van der Waals surface area contributed by atoms with Crippen LogP contribution in [-0.2, 0) is 14.3 Å². The average Bonchev–Trinajstić information content (AvgIpc) is 2.57. The highest BCUT2D eigenvalue weighted by atomic mass is 16.7. The van der Waals surface area contributed by atoms with Gasteiger partial charge in [0.2, 0.25) is 6.29 Å². The van der Waals surface area contributed by atoms with Gasteiger partial charge in [-0.2, -0.15) is 0 Å². The van der Waals surface area contributed by atoms with Gasteiger partial charge < -0.3 is 9.47 Å². The maximum atomic E-state index is 11.2. The number of rotatable bonds is 3. The maximum Gasteiger partial charge on any atom is 0.333 e. The Hall–Kier alpha value is -0.830. The van der Waals surface area contributed by atoms with Crippen LogP contribution in [-0.4, -0.2) is 18.4 Å². The van der Waals surface area contributed by atoms with Crippen LogP contribution in [0.25, 0.3) is 0 Å². The molecule has 1 fully saturated rings. The van der Waals surface area contributed by atoms with Gasteiger partial charge in [-0.15, -0.1) is 0 Å². The summed E-state index contributed by atoms with van der Waals surface area (Å²) in [7, 11) is 0. The van der Waals surface area contributed by atoms with Gasteiger partial charge in [0.05, 0.1) is 6.10 Å². The Morgan fingerprint density at radius 2 is 2.11 bits per heavy atom. The van der Waals surface area contributed by atoms with E-state index in [0.717, 1.165) is 12.0 Å². The van der Waals surface area contributed by atoms with Crippen molar-refractivity contribution in [3.63, 3.8) is 0 Å². The van der Waals surface area contributed by atoms with Crippen LogP contribution in [0, 0.1) is 17.8 Å². The average molecular weight is 252 g/mol. The van der Waals surface area contributed by atoms with Crippen LogP contribution in [0.3, 0.4) is 0 Å². The van der Waals surface area contributed by atoms with Crippen LogP contribution < -0.4 is 0 Å². The fraction of sp³-hybridized carbons (Fsp3) is 0.800. The molecular weight excluding hydrogens is 228 g/mol. The molecule has 3 nitrogen and oxygen atoms in total. The van der Waals surface area contributed by atoms with Crippen LogP contribution in [0.4, 0.5) is 0 Å². The Balaban J connectivity index is 2.01. The summed E-state index contributed by atoms with van der Waals surface area (Å²) in [4.78, 5) is 11.2. The monoisotopic (exact) mass is 252 g/mol. The van der Waals surface area contributed by atoms with Crippen molar-refractivity contribution in [3.8, 4) is 0 Å². The van der Waals surface area contributed by atoms with Crippen molar-refractivity contribution in [1.82, 2.24) is 0 Å². The van der Waals surface area contributed by atoms with E-state index in [9.17, 15) is 4.79 Å². The van der Waals surface area contributed by atoms with E-state index >= 15 is 0 Å². The third-order valence-corrected chi connectivity index (χ3v) is 4.20. The highest BCUT2D eigenvalue weighted by molar-refractivity contribution is 5.85. The predicted molar refractivity (Wildman–Crippen MR) is 69.9 cm³/mol. The lowest BCUT2D eigenvalue weighted by molar-refractivity contribution is -0.180. The molecule has 0 N–H and O–H groups in total. The quantitative estimate of drug-likeness (QED) is 0.723. The van der Waals surface area contributed by atoms with Gasteiger partial charge in [-0.1, -0.05) is 27.2 Å². The fourth-order valence-electron chi connectivity index (χ4n) is 3.05. The van der Waals surface area contributed by atoms with Crippen molar-refractivity contribution < 1.29 is 14.3 Å². The largest absolute Gasteiger partial charge is 0.428 e. The molecule has 0 spiro atoms. The molecule has 2 aliphatic rings. The summed E-state index contributed by atoms with van der Waals surface area (Å²) in [5.41, 5.74) is 0.890. The highest BCUT2D eigenvalue weighted by Crippen LogP contribution is 2.37. The van der Waals surface area contributed by atoms with Crippen LogP contribution >= 0.6 is 0 Å². The molecule has 0 bridgehead atoms. The number of carbonyl (C=O) groups excluding carboxylic acids is 1. The van der Waals surface area contributed by atoms with Crippen LogP contribution in [0.5, 0.6) is 0 Å². The zero-order valence-electron chi connectivity index (χ0n) is 11.8. The summed E-state index contributed by atoms with van der Waals surface area (Å²) < 4.78 is 11.3. The number of ether oxygens (including phenoxy) is 2. The second-order valence-electron chi connectivity index (χ2n) is 6.16. The van der Waals surface area contributed by atoms with Crippen molar-refractivity contribution in [2.75, 3.05) is 0 Å². The van der Waals surface area contributed by atoms with Crippen molar-refractivity contribution in [2.45, 2.75) is 59.4 Å². The summed E-state index contributed by atoms with van der Waals surface area (Å²) in [5, 5.41) is 0. The molecule has 4 atom stereocenters. The molecule has 1 aliphatic carbocycles. The van der Waals surface area contributed by atoms with Gasteiger partial charge in [-0.3, -0.25) is 0 Å². The minimum atomic E-state index is -0.450. The highest BCUT2D eigenvalue weighted by Gasteiger charge is 2.35. The van der Waals surface area contributed by atoms with E-state index in [0.29, 0.717) is 17.8 Å². The van der Waals surface area contributed by atoms with Gasteiger partial charge in [-0.25, -0.2) is 4.79 Å². The minimum Gasteiger partial charge on any atom is -0.428 e. The zero-order valence-corrected chi connectivity index (χ0v) is 11.8. The van der Waals surface area contributed by atoms with Crippen LogP contribution in [0.2, 0.25) is 0 Å². The Morgan fingerprint density at radius 3 is 2.67 bits per heavy atom. The van der Waals surface area contributed by atoms with E-state index in [2.05, 4.69) is 20.8 Å². The third-order valence-electron chi connectivity index (χ3n) is 4.20. The number of carbonyl (C=O) groups is 1. The molecule has 0 radical (unpaired) electrons. The standard InChI is InChI=1S/C15H24O3/c1-9(2)12-6-5-10(3)7-13(12)17-15-11(4)8-14(16)18-15/h8-10,12-13,15H,5-7H2,1-4H3/t10-,12+,13-,15?/m1/s1. The molecule has 0 aromatic carbocycles. The Bertz CT molecular complexity index is 346. The number of esters is 1. The Kier molecular flexibility index (Phi) is 4.10. The summed E-state index contributed by atoms with van der Waals surface area (Å²) in [5.74, 6) is 1.62. The Morgan fingerprint density at radius 1 is 1.39 bits per heavy atom. The van der Waals surface area contributed by atoms with Crippen molar-refractivity contribution in [1.29, 1.82) is 0 Å². The third kappa shape index (κ3) is 2.94. The Labute approximate surface area is 110 Å². The minimum absolute atomic E-state index is 0.216. The molecule has 18 heavy (non-hydrogen) atoms. The SMILES string of the molecule is CC1=CC(=O)OC1O[C@@H]1C[C@H](C)CC[C@H]1C(C)C. The van der Waals surface area contributed by atoms with Gasteiger partial charge in [0.15, 0.2) is 0 Å². The zero-order chi connectivity index (χ0) is 13.3. The first-order valence-electron chi connectivity index (χ1n) is 7.01. The van der Waals surface area contributed by atoms with Crippen molar-refractivity contribution in [2.24, 2.45) is 17.8 Å². The molecule has 1 heterocycles. The van der Waals surface area contributed by atoms with Crippen molar-refractivity contribution >= 4 is 5.97 Å². The summed E-state index contributed by atoms with van der Waals surface area (Å²) in [6.45, 7) is 8.67. The van der Waals surface area contributed by atoms with Crippen molar-refractivity contribution in [3.05, 3.63) is 11.6 Å². The number of cyclic esters (lactones) is 1. The molecule has 0 aromatic heterocycles. The predicted octanol–water partition coefficient (Wildman–Crippen LogP) is 3.29. The number of hydrogen-bond donors (Lipinski definition) is 0. The first kappa shape index (κ1) is 13.6. The molecule has 1 unspecified atom stereocenters. The summed E-state index contributed by atoms with van der Waals surface area (Å²) >= 11 is 0. The molecular formula is C15H24O3. The van der Waals surface area contributed by atoms with E-state index in [1.807, 2.05) is 6.92 Å². The first-order chi connectivity index (χ1) is 8.47. The van der Waals surface area contributed by atoms with Gasteiger partial charge in [-0.05, 0) is 37.5 Å². The van der Waals surface area contributed by atoms with Gasteiger partial charge in [0.25, 0.3) is 0 Å². The van der Waals surface area contributed by atoms with E-state index in [1.54, 1.807) is 0 Å². The lowest BCUT2D eigenvalue weighted by Gasteiger charge is -2.38. The van der Waals surface area contributed by atoms with Gasteiger partial charge in [0, 0.05) is 11.6 Å². The smallest absolute Gasteiger partial charge is 0.333 e. The molecule has 2 rings (SSSR count). The molecule has 0 aromatic rings. The first-order valence-corrected chi connectivity index (χ1v) is 7.01. The normalized spacial score (nSPS) is 36.7. The van der Waals surface area contributed by atoms with E-state index in [-0.39, 0.29) is 12.1 Å².